The quantitative estimate of drug-likeness (QED) is 0.478. The number of amides is 2. The van der Waals surface area contributed by atoms with Gasteiger partial charge in [0.25, 0.3) is 0 Å². The number of carbonyl (C=O) groups is 2. The topological polar surface area (TPSA) is 86.8 Å². The molecule has 0 bridgehead atoms. The van der Waals surface area contributed by atoms with Gasteiger partial charge in [0, 0.05) is 18.1 Å². The van der Waals surface area contributed by atoms with Crippen molar-refractivity contribution in [1.82, 2.24) is 10.2 Å². The van der Waals surface area contributed by atoms with Crippen LogP contribution in [0, 0.1) is 18.7 Å². The Bertz CT molecular complexity index is 1140. The largest absolute Gasteiger partial charge is 0.354 e. The molecule has 0 fully saturated rings. The highest BCUT2D eigenvalue weighted by Gasteiger charge is 2.32. The number of anilines is 1. The number of hydrogen-bond acceptors (Lipinski definition) is 4. The molecular weight excluding hydrogens is 493 g/mol. The number of carbonyl (C=O) groups excluding carboxylic acids is 2. The Morgan fingerprint density at radius 2 is 1.74 bits per heavy atom. The lowest BCUT2D eigenvalue weighted by molar-refractivity contribution is -0.140. The summed E-state index contributed by atoms with van der Waals surface area (Å²) in [5, 5.41) is 3.30. The van der Waals surface area contributed by atoms with Gasteiger partial charge >= 0.3 is 0 Å². The molecule has 0 saturated carbocycles. The summed E-state index contributed by atoms with van der Waals surface area (Å²) in [5.74, 6) is -1.09. The average molecular weight is 526 g/mol. The molecule has 10 heteroatoms. The zero-order valence-corrected chi connectivity index (χ0v) is 22.3. The summed E-state index contributed by atoms with van der Waals surface area (Å²) in [5.41, 5.74) is 1.52. The fourth-order valence-corrected chi connectivity index (χ4v) is 4.76. The van der Waals surface area contributed by atoms with Crippen molar-refractivity contribution in [3.05, 3.63) is 64.4 Å². The predicted molar refractivity (Wildman–Crippen MR) is 137 cm³/mol. The minimum atomic E-state index is -3.84. The van der Waals surface area contributed by atoms with E-state index in [2.05, 4.69) is 5.32 Å². The van der Waals surface area contributed by atoms with Crippen molar-refractivity contribution in [1.29, 1.82) is 0 Å². The lowest BCUT2D eigenvalue weighted by Gasteiger charge is -2.33. The Morgan fingerprint density at radius 1 is 1.11 bits per heavy atom. The normalized spacial score (nSPS) is 12.3. The van der Waals surface area contributed by atoms with Crippen LogP contribution in [-0.2, 0) is 26.2 Å². The van der Waals surface area contributed by atoms with Crippen LogP contribution in [0.25, 0.3) is 0 Å². The second kappa shape index (κ2) is 12.4. The van der Waals surface area contributed by atoms with Gasteiger partial charge < -0.3 is 10.2 Å². The molecule has 0 aliphatic carbocycles. The summed E-state index contributed by atoms with van der Waals surface area (Å²) in [6, 6.07) is 9.50. The van der Waals surface area contributed by atoms with E-state index in [9.17, 15) is 22.4 Å². The number of halogens is 2. The van der Waals surface area contributed by atoms with E-state index in [1.54, 1.807) is 32.0 Å². The Morgan fingerprint density at radius 3 is 2.26 bits per heavy atom. The highest BCUT2D eigenvalue weighted by molar-refractivity contribution is 7.92. The number of nitrogens with one attached hydrogen (secondary N) is 1. The maximum Gasteiger partial charge on any atom is 0.244 e. The lowest BCUT2D eigenvalue weighted by Crippen LogP contribution is -2.52. The van der Waals surface area contributed by atoms with Gasteiger partial charge in [-0.05, 0) is 60.7 Å². The first-order chi connectivity index (χ1) is 16.3. The standard InChI is InChI=1S/C25H33ClFN3O4S/c1-6-22(25(32)28-14-17(2)3)29(15-19-7-10-21(27)11-8-19)24(31)16-30(35(5,33)34)23-12-9-20(26)13-18(23)4/h7-13,17,22H,6,14-16H2,1-5H3,(H,28,32). The van der Waals surface area contributed by atoms with E-state index in [0.717, 1.165) is 10.6 Å². The molecule has 0 aromatic heterocycles. The fourth-order valence-electron chi connectivity index (χ4n) is 3.62. The molecule has 0 heterocycles. The van der Waals surface area contributed by atoms with Crippen molar-refractivity contribution in [2.75, 3.05) is 23.7 Å². The molecule has 0 saturated heterocycles. The molecule has 0 spiro atoms. The molecule has 7 nitrogen and oxygen atoms in total. The van der Waals surface area contributed by atoms with Crippen molar-refractivity contribution in [2.24, 2.45) is 5.92 Å². The number of rotatable bonds is 11. The Kier molecular flexibility index (Phi) is 10.1. The van der Waals surface area contributed by atoms with Crippen molar-refractivity contribution in [3.63, 3.8) is 0 Å². The first kappa shape index (κ1) is 28.6. The van der Waals surface area contributed by atoms with Crippen molar-refractivity contribution < 1.29 is 22.4 Å². The molecule has 2 rings (SSSR count). The van der Waals surface area contributed by atoms with Gasteiger partial charge in [0.15, 0.2) is 0 Å². The van der Waals surface area contributed by atoms with Crippen molar-refractivity contribution in [2.45, 2.75) is 46.7 Å². The fraction of sp³-hybridized carbons (Fsp3) is 0.440. The minimum absolute atomic E-state index is 0.0178. The molecule has 2 aromatic rings. The SMILES string of the molecule is CCC(C(=O)NCC(C)C)N(Cc1ccc(F)cc1)C(=O)CN(c1ccc(Cl)cc1C)S(C)(=O)=O. The summed E-state index contributed by atoms with van der Waals surface area (Å²) >= 11 is 6.03. The highest BCUT2D eigenvalue weighted by atomic mass is 35.5. The number of aryl methyl sites for hydroxylation is 1. The monoisotopic (exact) mass is 525 g/mol. The van der Waals surface area contributed by atoms with E-state index in [1.807, 2.05) is 13.8 Å². The minimum Gasteiger partial charge on any atom is -0.354 e. The van der Waals surface area contributed by atoms with Crippen LogP contribution in [0.3, 0.4) is 0 Å². The molecule has 1 N–H and O–H groups in total. The third-order valence-electron chi connectivity index (χ3n) is 5.44. The van der Waals surface area contributed by atoms with E-state index in [0.29, 0.717) is 34.8 Å². The van der Waals surface area contributed by atoms with Crippen LogP contribution in [0.2, 0.25) is 5.02 Å². The first-order valence-corrected chi connectivity index (χ1v) is 13.6. The Labute approximate surface area is 212 Å². The van der Waals surface area contributed by atoms with Crippen LogP contribution in [0.15, 0.2) is 42.5 Å². The molecule has 0 aliphatic heterocycles. The van der Waals surface area contributed by atoms with Crippen LogP contribution < -0.4 is 9.62 Å². The van der Waals surface area contributed by atoms with Crippen molar-refractivity contribution in [3.8, 4) is 0 Å². The van der Waals surface area contributed by atoms with Gasteiger partial charge in [0.1, 0.15) is 18.4 Å². The second-order valence-electron chi connectivity index (χ2n) is 8.91. The van der Waals surface area contributed by atoms with E-state index >= 15 is 0 Å². The number of hydrogen-bond donors (Lipinski definition) is 1. The number of sulfonamides is 1. The van der Waals surface area contributed by atoms with Crippen molar-refractivity contribution >= 4 is 39.1 Å². The smallest absolute Gasteiger partial charge is 0.244 e. The zero-order chi connectivity index (χ0) is 26.3. The number of nitrogens with zero attached hydrogens (tertiary/aromatic N) is 2. The first-order valence-electron chi connectivity index (χ1n) is 11.4. The van der Waals surface area contributed by atoms with Gasteiger partial charge in [-0.2, -0.15) is 0 Å². The number of benzene rings is 2. The van der Waals surface area contributed by atoms with Gasteiger partial charge in [0.2, 0.25) is 21.8 Å². The summed E-state index contributed by atoms with van der Waals surface area (Å²) in [4.78, 5) is 28.0. The van der Waals surface area contributed by atoms with Crippen LogP contribution >= 0.6 is 11.6 Å². The van der Waals surface area contributed by atoms with Crippen LogP contribution in [0.5, 0.6) is 0 Å². The van der Waals surface area contributed by atoms with Crippen LogP contribution in [0.4, 0.5) is 10.1 Å². The summed E-state index contributed by atoms with van der Waals surface area (Å²) < 4.78 is 39.8. The van der Waals surface area contributed by atoms with E-state index in [4.69, 9.17) is 11.6 Å². The van der Waals surface area contributed by atoms with Crippen LogP contribution in [-0.4, -0.2) is 50.5 Å². The molecular formula is C25H33ClFN3O4S. The van der Waals surface area contributed by atoms with Crippen LogP contribution in [0.1, 0.15) is 38.3 Å². The summed E-state index contributed by atoms with van der Waals surface area (Å²) in [7, 11) is -3.84. The Balaban J connectivity index is 2.44. The molecule has 1 unspecified atom stereocenters. The average Bonchev–Trinajstić information content (AvgIpc) is 2.76. The second-order valence-corrected chi connectivity index (χ2v) is 11.3. The molecule has 1 atom stereocenters. The zero-order valence-electron chi connectivity index (χ0n) is 20.7. The molecule has 2 aromatic carbocycles. The van der Waals surface area contributed by atoms with E-state index in [1.165, 1.54) is 29.2 Å². The van der Waals surface area contributed by atoms with E-state index < -0.39 is 34.3 Å². The predicted octanol–water partition coefficient (Wildman–Crippen LogP) is 4.13. The molecule has 35 heavy (non-hydrogen) atoms. The molecule has 2 amide bonds. The maximum absolute atomic E-state index is 13.6. The maximum atomic E-state index is 13.6. The van der Waals surface area contributed by atoms with Gasteiger partial charge in [0.05, 0.1) is 11.9 Å². The Hall–Kier alpha value is -2.65. The van der Waals surface area contributed by atoms with E-state index in [-0.39, 0.29) is 18.4 Å². The third kappa shape index (κ3) is 8.21. The molecule has 0 aliphatic rings. The molecule has 0 radical (unpaired) electrons. The van der Waals surface area contributed by atoms with Gasteiger partial charge in [-0.25, -0.2) is 12.8 Å². The molecule has 192 valence electrons. The van der Waals surface area contributed by atoms with Gasteiger partial charge in [-0.1, -0.05) is 44.5 Å². The summed E-state index contributed by atoms with van der Waals surface area (Å²) in [6.45, 7) is 7.35. The lowest BCUT2D eigenvalue weighted by atomic mass is 10.1. The third-order valence-corrected chi connectivity index (χ3v) is 6.80. The van der Waals surface area contributed by atoms with Gasteiger partial charge in [-0.3, -0.25) is 13.9 Å². The summed E-state index contributed by atoms with van der Waals surface area (Å²) in [6.07, 6.45) is 1.33. The highest BCUT2D eigenvalue weighted by Crippen LogP contribution is 2.26. The van der Waals surface area contributed by atoms with Gasteiger partial charge in [-0.15, -0.1) is 0 Å².